The predicted octanol–water partition coefficient (Wildman–Crippen LogP) is 0.567. The van der Waals surface area contributed by atoms with Crippen molar-refractivity contribution in [2.75, 3.05) is 26.2 Å². The average Bonchev–Trinajstić information content (AvgIpc) is 2.90. The summed E-state index contributed by atoms with van der Waals surface area (Å²) in [6.45, 7) is 4.04. The van der Waals surface area contributed by atoms with Gasteiger partial charge in [0.15, 0.2) is 0 Å². The van der Waals surface area contributed by atoms with Crippen LogP contribution in [0.3, 0.4) is 0 Å². The number of nitrogens with one attached hydrogen (secondary N) is 1. The van der Waals surface area contributed by atoms with Gasteiger partial charge in [-0.15, -0.1) is 0 Å². The smallest absolute Gasteiger partial charge is 0.223 e. The first kappa shape index (κ1) is 13.1. The Morgan fingerprint density at radius 1 is 1.50 bits per heavy atom. The molecule has 1 saturated heterocycles. The maximum Gasteiger partial charge on any atom is 0.223 e. The van der Waals surface area contributed by atoms with Crippen LogP contribution in [0, 0.1) is 5.92 Å². The van der Waals surface area contributed by atoms with Gasteiger partial charge < -0.3 is 20.4 Å². The molecule has 18 heavy (non-hydrogen) atoms. The molecule has 0 aliphatic carbocycles. The van der Waals surface area contributed by atoms with Gasteiger partial charge in [0.25, 0.3) is 0 Å². The molecule has 2 heterocycles. The zero-order valence-electron chi connectivity index (χ0n) is 10.6. The molecule has 0 atom stereocenters. The number of nitrogens with two attached hydrogens (primary N) is 1. The van der Waals surface area contributed by atoms with Crippen molar-refractivity contribution in [1.82, 2.24) is 10.2 Å². The lowest BCUT2D eigenvalue weighted by Crippen LogP contribution is -2.41. The van der Waals surface area contributed by atoms with Crippen molar-refractivity contribution < 1.29 is 9.21 Å². The molecule has 0 saturated carbocycles. The van der Waals surface area contributed by atoms with Gasteiger partial charge in [-0.25, -0.2) is 0 Å². The number of nitrogens with zero attached hydrogens (tertiary/aromatic N) is 1. The standard InChI is InChI=1S/C13H21N3O2/c14-5-8-16-6-3-11(4-7-16)13(17)15-10-12-2-1-9-18-12/h1-2,9,11H,3-8,10,14H2,(H,15,17). The van der Waals surface area contributed by atoms with E-state index >= 15 is 0 Å². The van der Waals surface area contributed by atoms with Gasteiger partial charge >= 0.3 is 0 Å². The number of furan rings is 1. The third kappa shape index (κ3) is 3.58. The molecule has 0 aromatic carbocycles. The number of likely N-dealkylation sites (tertiary alicyclic amines) is 1. The fraction of sp³-hybridized carbons (Fsp3) is 0.615. The number of rotatable bonds is 5. The monoisotopic (exact) mass is 251 g/mol. The minimum absolute atomic E-state index is 0.133. The second-order valence-corrected chi connectivity index (χ2v) is 4.70. The second-order valence-electron chi connectivity index (χ2n) is 4.70. The molecule has 0 bridgehead atoms. The summed E-state index contributed by atoms with van der Waals surface area (Å²) in [5, 5.41) is 2.93. The molecule has 5 nitrogen and oxygen atoms in total. The topological polar surface area (TPSA) is 71.5 Å². The molecule has 1 aliphatic heterocycles. The molecular weight excluding hydrogens is 230 g/mol. The fourth-order valence-corrected chi connectivity index (χ4v) is 2.33. The molecule has 5 heteroatoms. The summed E-state index contributed by atoms with van der Waals surface area (Å²) in [5.74, 6) is 1.07. The van der Waals surface area contributed by atoms with Crippen molar-refractivity contribution in [3.8, 4) is 0 Å². The number of carbonyl (C=O) groups excluding carboxylic acids is 1. The quantitative estimate of drug-likeness (QED) is 0.802. The van der Waals surface area contributed by atoms with E-state index in [9.17, 15) is 4.79 Å². The van der Waals surface area contributed by atoms with Crippen molar-refractivity contribution >= 4 is 5.91 Å². The Bertz CT molecular complexity index is 356. The Hall–Kier alpha value is -1.33. The molecule has 1 aromatic rings. The zero-order chi connectivity index (χ0) is 12.8. The van der Waals surface area contributed by atoms with Crippen molar-refractivity contribution in [1.29, 1.82) is 0 Å². The minimum atomic E-state index is 0.133. The lowest BCUT2D eigenvalue weighted by Gasteiger charge is -2.30. The van der Waals surface area contributed by atoms with E-state index < -0.39 is 0 Å². The minimum Gasteiger partial charge on any atom is -0.467 e. The number of carbonyl (C=O) groups is 1. The van der Waals surface area contributed by atoms with E-state index in [0.717, 1.165) is 38.2 Å². The molecule has 2 rings (SSSR count). The van der Waals surface area contributed by atoms with Gasteiger partial charge in [-0.05, 0) is 38.1 Å². The van der Waals surface area contributed by atoms with E-state index in [4.69, 9.17) is 10.2 Å². The Morgan fingerprint density at radius 3 is 2.89 bits per heavy atom. The molecule has 0 radical (unpaired) electrons. The normalized spacial score (nSPS) is 17.8. The first-order valence-corrected chi connectivity index (χ1v) is 6.52. The van der Waals surface area contributed by atoms with E-state index in [1.807, 2.05) is 12.1 Å². The summed E-state index contributed by atoms with van der Waals surface area (Å²) < 4.78 is 5.18. The molecule has 0 unspecified atom stereocenters. The highest BCUT2D eigenvalue weighted by Gasteiger charge is 2.24. The summed E-state index contributed by atoms with van der Waals surface area (Å²) >= 11 is 0. The first-order valence-electron chi connectivity index (χ1n) is 6.52. The lowest BCUT2D eigenvalue weighted by molar-refractivity contribution is -0.126. The molecule has 0 spiro atoms. The van der Waals surface area contributed by atoms with Crippen LogP contribution in [-0.4, -0.2) is 37.0 Å². The third-order valence-electron chi connectivity index (χ3n) is 3.42. The van der Waals surface area contributed by atoms with Crippen LogP contribution in [0.2, 0.25) is 0 Å². The highest BCUT2D eigenvalue weighted by molar-refractivity contribution is 5.78. The van der Waals surface area contributed by atoms with E-state index in [0.29, 0.717) is 13.1 Å². The lowest BCUT2D eigenvalue weighted by atomic mass is 9.96. The van der Waals surface area contributed by atoms with E-state index in [1.165, 1.54) is 0 Å². The van der Waals surface area contributed by atoms with Gasteiger partial charge in [-0.2, -0.15) is 0 Å². The van der Waals surface area contributed by atoms with Gasteiger partial charge in [0, 0.05) is 19.0 Å². The second kappa shape index (κ2) is 6.56. The molecule has 1 amide bonds. The predicted molar refractivity (Wildman–Crippen MR) is 68.8 cm³/mol. The van der Waals surface area contributed by atoms with Crippen LogP contribution in [0.5, 0.6) is 0 Å². The van der Waals surface area contributed by atoms with Crippen LogP contribution in [0.1, 0.15) is 18.6 Å². The van der Waals surface area contributed by atoms with Crippen LogP contribution in [0.15, 0.2) is 22.8 Å². The molecule has 3 N–H and O–H groups in total. The largest absolute Gasteiger partial charge is 0.467 e. The van der Waals surface area contributed by atoms with Crippen LogP contribution in [0.4, 0.5) is 0 Å². The van der Waals surface area contributed by atoms with Gasteiger partial charge in [0.1, 0.15) is 5.76 Å². The number of hydrogen-bond acceptors (Lipinski definition) is 4. The van der Waals surface area contributed by atoms with Crippen LogP contribution in [-0.2, 0) is 11.3 Å². The van der Waals surface area contributed by atoms with Gasteiger partial charge in [0.2, 0.25) is 5.91 Å². The highest BCUT2D eigenvalue weighted by atomic mass is 16.3. The number of hydrogen-bond donors (Lipinski definition) is 2. The Labute approximate surface area is 107 Å². The Balaban J connectivity index is 1.70. The Kier molecular flexibility index (Phi) is 4.78. The highest BCUT2D eigenvalue weighted by Crippen LogP contribution is 2.17. The van der Waals surface area contributed by atoms with Crippen molar-refractivity contribution in [3.63, 3.8) is 0 Å². The number of piperidine rings is 1. The summed E-state index contributed by atoms with van der Waals surface area (Å²) in [6.07, 6.45) is 3.46. The van der Waals surface area contributed by atoms with Crippen molar-refractivity contribution in [2.24, 2.45) is 11.7 Å². The summed E-state index contributed by atoms with van der Waals surface area (Å²) in [5.41, 5.74) is 5.52. The maximum absolute atomic E-state index is 12.0. The van der Waals surface area contributed by atoms with Crippen molar-refractivity contribution in [3.05, 3.63) is 24.2 Å². The SMILES string of the molecule is NCCN1CCC(C(=O)NCc2ccco2)CC1. The van der Waals surface area contributed by atoms with E-state index in [-0.39, 0.29) is 11.8 Å². The van der Waals surface area contributed by atoms with Crippen molar-refractivity contribution in [2.45, 2.75) is 19.4 Å². The van der Waals surface area contributed by atoms with Gasteiger partial charge in [-0.1, -0.05) is 0 Å². The van der Waals surface area contributed by atoms with Crippen LogP contribution >= 0.6 is 0 Å². The Morgan fingerprint density at radius 2 is 2.28 bits per heavy atom. The third-order valence-corrected chi connectivity index (χ3v) is 3.42. The molecular formula is C13H21N3O2. The maximum atomic E-state index is 12.0. The molecule has 100 valence electrons. The first-order chi connectivity index (χ1) is 8.79. The summed E-state index contributed by atoms with van der Waals surface area (Å²) in [6, 6.07) is 3.69. The average molecular weight is 251 g/mol. The van der Waals surface area contributed by atoms with E-state index in [2.05, 4.69) is 10.2 Å². The molecule has 1 aliphatic rings. The summed E-state index contributed by atoms with van der Waals surface area (Å²) in [4.78, 5) is 14.3. The molecule has 1 aromatic heterocycles. The van der Waals surface area contributed by atoms with Crippen LogP contribution < -0.4 is 11.1 Å². The van der Waals surface area contributed by atoms with Gasteiger partial charge in [0.05, 0.1) is 12.8 Å². The molecule has 1 fully saturated rings. The fourth-order valence-electron chi connectivity index (χ4n) is 2.33. The van der Waals surface area contributed by atoms with Gasteiger partial charge in [-0.3, -0.25) is 4.79 Å². The number of amides is 1. The van der Waals surface area contributed by atoms with Crippen LogP contribution in [0.25, 0.3) is 0 Å². The van der Waals surface area contributed by atoms with E-state index in [1.54, 1.807) is 6.26 Å². The zero-order valence-corrected chi connectivity index (χ0v) is 10.6. The summed E-state index contributed by atoms with van der Waals surface area (Å²) in [7, 11) is 0.